The second-order valence-electron chi connectivity index (χ2n) is 9.31. The van der Waals surface area contributed by atoms with Crippen LogP contribution in [0.4, 0.5) is 10.5 Å². The summed E-state index contributed by atoms with van der Waals surface area (Å²) in [5.41, 5.74) is 2.47. The van der Waals surface area contributed by atoms with Gasteiger partial charge in [0.05, 0.1) is 19.3 Å². The van der Waals surface area contributed by atoms with Crippen molar-refractivity contribution in [2.24, 2.45) is 0 Å². The Morgan fingerprint density at radius 2 is 1.81 bits per heavy atom. The van der Waals surface area contributed by atoms with E-state index in [1.807, 2.05) is 60.7 Å². The summed E-state index contributed by atoms with van der Waals surface area (Å²) in [7, 11) is -1.72. The topological polar surface area (TPSA) is 71.5 Å². The van der Waals surface area contributed by atoms with E-state index in [0.29, 0.717) is 12.2 Å². The van der Waals surface area contributed by atoms with Crippen LogP contribution < -0.4 is 5.32 Å². The van der Waals surface area contributed by atoms with E-state index in [1.165, 1.54) is 0 Å². The van der Waals surface area contributed by atoms with E-state index in [1.54, 1.807) is 11.1 Å². The molecule has 6 nitrogen and oxygen atoms in total. The third-order valence-corrected chi connectivity index (χ3v) is 8.94. The second-order valence-corrected chi connectivity index (χ2v) is 14.8. The van der Waals surface area contributed by atoms with E-state index in [-0.39, 0.29) is 18.1 Å². The fourth-order valence-electron chi connectivity index (χ4n) is 4.44. The van der Waals surface area contributed by atoms with Crippen LogP contribution >= 0.6 is 0 Å². The Labute approximate surface area is 189 Å². The Morgan fingerprint density at radius 3 is 2.56 bits per heavy atom. The number of ether oxygens (including phenoxy) is 1. The van der Waals surface area contributed by atoms with Gasteiger partial charge >= 0.3 is 6.09 Å². The van der Waals surface area contributed by atoms with Gasteiger partial charge in [0.25, 0.3) is 0 Å². The average molecular weight is 448 g/mol. The lowest BCUT2D eigenvalue weighted by Gasteiger charge is -2.32. The minimum Gasteiger partial charge on any atom is -0.445 e. The molecule has 3 aromatic rings. The molecule has 0 radical (unpaired) electrons. The molecule has 1 aromatic heterocycles. The van der Waals surface area contributed by atoms with Crippen molar-refractivity contribution in [3.8, 4) is 0 Å². The lowest BCUT2D eigenvalue weighted by atomic mass is 10.1. The molecule has 2 aromatic carbocycles. The van der Waals surface area contributed by atoms with Crippen molar-refractivity contribution in [2.45, 2.75) is 44.3 Å². The first-order valence-electron chi connectivity index (χ1n) is 11.0. The largest absolute Gasteiger partial charge is 0.445 e. The zero-order valence-corrected chi connectivity index (χ0v) is 19.7. The number of para-hydroxylation sites is 1. The number of benzene rings is 2. The molecule has 0 saturated carbocycles. The van der Waals surface area contributed by atoms with E-state index in [4.69, 9.17) is 4.74 Å². The maximum atomic E-state index is 13.5. The van der Waals surface area contributed by atoms with Crippen LogP contribution in [0.2, 0.25) is 25.2 Å². The highest BCUT2D eigenvalue weighted by molar-refractivity contribution is 6.78. The minimum absolute atomic E-state index is 0.148. The van der Waals surface area contributed by atoms with Gasteiger partial charge < -0.3 is 10.1 Å². The molecule has 0 bridgehead atoms. The molecule has 1 saturated heterocycles. The predicted octanol–water partition coefficient (Wildman–Crippen LogP) is 5.29. The molecule has 166 valence electrons. The Bertz CT molecular complexity index is 1110. The Morgan fingerprint density at radius 1 is 1.06 bits per heavy atom. The van der Waals surface area contributed by atoms with Gasteiger partial charge in [0, 0.05) is 18.1 Å². The summed E-state index contributed by atoms with van der Waals surface area (Å²) in [5.74, 6) is -0.176. The molecule has 7 heteroatoms. The third kappa shape index (κ3) is 4.67. The SMILES string of the molecule is C[Si](C)(C)[C@@H]1CCN(C(=O)OCc2ccccc2)[C@@H]1C(=O)Nc1cccc2cccnc12. The Balaban J connectivity index is 1.56. The number of hydrogen-bond donors (Lipinski definition) is 1. The fourth-order valence-corrected chi connectivity index (χ4v) is 6.72. The molecular weight excluding hydrogens is 418 g/mol. The van der Waals surface area contributed by atoms with E-state index in [9.17, 15) is 9.59 Å². The minimum atomic E-state index is -1.72. The highest BCUT2D eigenvalue weighted by Gasteiger charge is 2.48. The van der Waals surface area contributed by atoms with Gasteiger partial charge in [-0.25, -0.2) is 4.79 Å². The zero-order chi connectivity index (χ0) is 22.7. The Hall–Kier alpha value is -3.19. The summed E-state index contributed by atoms with van der Waals surface area (Å²) in [4.78, 5) is 32.6. The number of likely N-dealkylation sites (tertiary alicyclic amines) is 1. The van der Waals surface area contributed by atoms with Crippen LogP contribution in [0.15, 0.2) is 66.9 Å². The van der Waals surface area contributed by atoms with E-state index in [2.05, 4.69) is 29.9 Å². The van der Waals surface area contributed by atoms with Gasteiger partial charge in [0.2, 0.25) is 5.91 Å². The first-order valence-corrected chi connectivity index (χ1v) is 14.5. The normalized spacial score (nSPS) is 18.5. The van der Waals surface area contributed by atoms with Gasteiger partial charge in [-0.2, -0.15) is 0 Å². The summed E-state index contributed by atoms with van der Waals surface area (Å²) >= 11 is 0. The van der Waals surface area contributed by atoms with Gasteiger partial charge in [0.1, 0.15) is 12.6 Å². The molecule has 2 atom stereocenters. The van der Waals surface area contributed by atoms with Crippen molar-refractivity contribution in [2.75, 3.05) is 11.9 Å². The van der Waals surface area contributed by atoms with E-state index in [0.717, 1.165) is 22.9 Å². The lowest BCUT2D eigenvalue weighted by Crippen LogP contribution is -2.49. The summed E-state index contributed by atoms with van der Waals surface area (Å²) < 4.78 is 5.58. The molecule has 0 unspecified atom stereocenters. The molecular formula is C25H29N3O3Si. The van der Waals surface area contributed by atoms with Gasteiger partial charge in [-0.1, -0.05) is 68.2 Å². The summed E-state index contributed by atoms with van der Waals surface area (Å²) in [6.07, 6.45) is 2.08. The highest BCUT2D eigenvalue weighted by Crippen LogP contribution is 2.39. The maximum absolute atomic E-state index is 13.5. The number of nitrogens with zero attached hydrogens (tertiary/aromatic N) is 2. The van der Waals surface area contributed by atoms with E-state index < -0.39 is 20.2 Å². The number of carbonyl (C=O) groups excluding carboxylic acids is 2. The smallest absolute Gasteiger partial charge is 0.410 e. The van der Waals surface area contributed by atoms with Crippen molar-refractivity contribution in [3.05, 3.63) is 72.4 Å². The van der Waals surface area contributed by atoms with Gasteiger partial charge in [0.15, 0.2) is 0 Å². The van der Waals surface area contributed by atoms with Gasteiger partial charge in [-0.15, -0.1) is 0 Å². The lowest BCUT2D eigenvalue weighted by molar-refractivity contribution is -0.120. The number of anilines is 1. The maximum Gasteiger partial charge on any atom is 0.410 e. The first-order chi connectivity index (χ1) is 15.3. The van der Waals surface area contributed by atoms with Crippen LogP contribution in [-0.2, 0) is 16.1 Å². The monoisotopic (exact) mass is 447 g/mol. The van der Waals surface area contributed by atoms with Crippen LogP contribution in [0.1, 0.15) is 12.0 Å². The third-order valence-electron chi connectivity index (χ3n) is 6.11. The zero-order valence-electron chi connectivity index (χ0n) is 18.7. The van der Waals surface area contributed by atoms with Crippen LogP contribution in [0.25, 0.3) is 10.9 Å². The molecule has 0 spiro atoms. The van der Waals surface area contributed by atoms with Crippen LogP contribution in [0, 0.1) is 0 Å². The number of pyridine rings is 1. The summed E-state index contributed by atoms with van der Waals surface area (Å²) in [5, 5.41) is 4.02. The molecule has 1 aliphatic rings. The number of aromatic nitrogens is 1. The Kier molecular flexibility index (Phi) is 6.28. The average Bonchev–Trinajstić information content (AvgIpc) is 3.25. The van der Waals surface area contributed by atoms with Crippen LogP contribution in [0.3, 0.4) is 0 Å². The molecule has 1 aliphatic heterocycles. The van der Waals surface area contributed by atoms with Crippen molar-refractivity contribution in [3.63, 3.8) is 0 Å². The number of hydrogen-bond acceptors (Lipinski definition) is 4. The number of fused-ring (bicyclic) bond motifs is 1. The second kappa shape index (κ2) is 9.12. The molecule has 2 amide bonds. The molecule has 32 heavy (non-hydrogen) atoms. The van der Waals surface area contributed by atoms with Crippen molar-refractivity contribution in [1.29, 1.82) is 0 Å². The molecule has 4 rings (SSSR count). The highest BCUT2D eigenvalue weighted by atomic mass is 28.3. The number of carbonyl (C=O) groups is 2. The van der Waals surface area contributed by atoms with Crippen LogP contribution in [0.5, 0.6) is 0 Å². The number of rotatable bonds is 5. The quantitative estimate of drug-likeness (QED) is 0.539. The number of amides is 2. The standard InChI is InChI=1S/C25H29N3O3Si/c1-32(2,3)21-14-16-28(25(30)31-17-18-9-5-4-6-10-18)23(21)24(29)27-20-13-7-11-19-12-8-15-26-22(19)20/h4-13,15,21,23H,14,16-17H2,1-3H3,(H,27,29)/t21-,23+/m1/s1. The number of nitrogens with one attached hydrogen (secondary N) is 1. The summed E-state index contributed by atoms with van der Waals surface area (Å²) in [6, 6.07) is 18.6. The van der Waals surface area contributed by atoms with Crippen molar-refractivity contribution >= 4 is 36.7 Å². The first kappa shape index (κ1) is 22.0. The molecule has 0 aliphatic carbocycles. The van der Waals surface area contributed by atoms with E-state index >= 15 is 0 Å². The molecule has 1 fully saturated rings. The molecule has 2 heterocycles. The van der Waals surface area contributed by atoms with Gasteiger partial charge in [-0.3, -0.25) is 14.7 Å². The van der Waals surface area contributed by atoms with Crippen molar-refractivity contribution < 1.29 is 14.3 Å². The van der Waals surface area contributed by atoms with Crippen LogP contribution in [-0.4, -0.2) is 42.5 Å². The van der Waals surface area contributed by atoms with Gasteiger partial charge in [-0.05, 0) is 29.7 Å². The predicted molar refractivity (Wildman–Crippen MR) is 129 cm³/mol. The summed E-state index contributed by atoms with van der Waals surface area (Å²) in [6.45, 7) is 7.45. The fraction of sp³-hybridized carbons (Fsp3) is 0.320. The molecule has 1 N–H and O–H groups in total. The van der Waals surface area contributed by atoms with Crippen molar-refractivity contribution in [1.82, 2.24) is 9.88 Å².